The maximum Gasteiger partial charge on any atom is 0.265 e. The highest BCUT2D eigenvalue weighted by atomic mass is 16.5. The monoisotopic (exact) mass is 411 g/mol. The molecule has 2 aromatic rings. The molecule has 1 fully saturated rings. The number of aromatic amines is 1. The van der Waals surface area contributed by atoms with E-state index in [-0.39, 0.29) is 30.2 Å². The molecule has 0 aliphatic carbocycles. The number of fused-ring (bicyclic) bond motifs is 1. The molecule has 0 unspecified atom stereocenters. The summed E-state index contributed by atoms with van der Waals surface area (Å²) in [6.07, 6.45) is 1.74. The molecule has 0 radical (unpaired) electrons. The van der Waals surface area contributed by atoms with E-state index >= 15 is 0 Å². The molecule has 1 aromatic heterocycles. The van der Waals surface area contributed by atoms with Gasteiger partial charge in [0.2, 0.25) is 5.91 Å². The molecular formula is C21H21N3O6. The summed E-state index contributed by atoms with van der Waals surface area (Å²) in [6.45, 7) is 0.872. The molecule has 2 aliphatic rings. The molecule has 0 saturated carbocycles. The van der Waals surface area contributed by atoms with Crippen molar-refractivity contribution in [3.8, 4) is 17.6 Å². The van der Waals surface area contributed by atoms with Crippen molar-refractivity contribution in [2.24, 2.45) is 5.73 Å². The van der Waals surface area contributed by atoms with Gasteiger partial charge in [0.05, 0.1) is 31.9 Å². The number of hydrogen-bond donors (Lipinski definition) is 3. The van der Waals surface area contributed by atoms with E-state index in [0.29, 0.717) is 24.5 Å². The van der Waals surface area contributed by atoms with E-state index in [9.17, 15) is 19.5 Å². The van der Waals surface area contributed by atoms with E-state index in [1.165, 1.54) is 12.3 Å². The number of carbonyl (C=O) groups is 2. The van der Waals surface area contributed by atoms with Gasteiger partial charge in [0, 0.05) is 30.9 Å². The Hall–Kier alpha value is -3.61. The van der Waals surface area contributed by atoms with E-state index in [1.807, 2.05) is 6.07 Å². The Balaban J connectivity index is 0.000000216. The first-order valence-corrected chi connectivity index (χ1v) is 9.13. The van der Waals surface area contributed by atoms with Gasteiger partial charge in [-0.25, -0.2) is 0 Å². The van der Waals surface area contributed by atoms with Crippen molar-refractivity contribution in [1.29, 1.82) is 0 Å². The minimum Gasteiger partial charge on any atom is -0.491 e. The molecule has 156 valence electrons. The topological polar surface area (TPSA) is 135 Å². The van der Waals surface area contributed by atoms with Gasteiger partial charge in [0.15, 0.2) is 11.0 Å². The maximum absolute atomic E-state index is 11.8. The minimum absolute atomic E-state index is 0.0138. The van der Waals surface area contributed by atoms with Crippen LogP contribution in [0, 0.1) is 11.8 Å². The van der Waals surface area contributed by atoms with Gasteiger partial charge in [-0.1, -0.05) is 11.8 Å². The number of nitrogens with one attached hydrogen (secondary N) is 1. The van der Waals surface area contributed by atoms with E-state index in [4.69, 9.17) is 15.2 Å². The lowest BCUT2D eigenvalue weighted by molar-refractivity contribution is -0.140. The van der Waals surface area contributed by atoms with Crippen LogP contribution in [-0.2, 0) is 9.53 Å². The van der Waals surface area contributed by atoms with Crippen LogP contribution in [0.2, 0.25) is 0 Å². The molecular weight excluding hydrogens is 390 g/mol. The molecule has 2 amide bonds. The lowest BCUT2D eigenvalue weighted by Crippen LogP contribution is -2.48. The van der Waals surface area contributed by atoms with Crippen molar-refractivity contribution in [2.75, 3.05) is 31.8 Å². The fourth-order valence-electron chi connectivity index (χ4n) is 2.67. The van der Waals surface area contributed by atoms with Crippen molar-refractivity contribution in [2.45, 2.75) is 12.0 Å². The number of ether oxygens (including phenoxy) is 2. The van der Waals surface area contributed by atoms with Crippen LogP contribution < -0.4 is 20.8 Å². The summed E-state index contributed by atoms with van der Waals surface area (Å²) in [4.78, 5) is 36.9. The molecule has 0 bridgehead atoms. The predicted molar refractivity (Wildman–Crippen MR) is 108 cm³/mol. The first-order chi connectivity index (χ1) is 14.3. The van der Waals surface area contributed by atoms with Crippen LogP contribution in [0.4, 0.5) is 5.69 Å². The quantitative estimate of drug-likeness (QED) is 0.566. The third kappa shape index (κ3) is 5.05. The van der Waals surface area contributed by atoms with E-state index in [1.54, 1.807) is 24.1 Å². The van der Waals surface area contributed by atoms with Crippen LogP contribution in [0.3, 0.4) is 0 Å². The number of aromatic nitrogens is 1. The lowest BCUT2D eigenvalue weighted by atomic mass is 10.0. The molecule has 0 atom stereocenters. The summed E-state index contributed by atoms with van der Waals surface area (Å²) < 4.78 is 10.5. The van der Waals surface area contributed by atoms with Crippen molar-refractivity contribution in [3.63, 3.8) is 0 Å². The van der Waals surface area contributed by atoms with Crippen LogP contribution >= 0.6 is 0 Å². The third-order valence-electron chi connectivity index (χ3n) is 4.43. The van der Waals surface area contributed by atoms with E-state index in [0.717, 1.165) is 11.6 Å². The fraction of sp³-hybridized carbons (Fsp3) is 0.286. The molecule has 9 heteroatoms. The van der Waals surface area contributed by atoms with Crippen molar-refractivity contribution in [1.82, 2.24) is 4.98 Å². The summed E-state index contributed by atoms with van der Waals surface area (Å²) in [5.74, 6) is 5.78. The normalized spacial score (nSPS) is 16.3. The fourth-order valence-corrected chi connectivity index (χ4v) is 2.67. The minimum atomic E-state index is -1.04. The van der Waals surface area contributed by atoms with Crippen LogP contribution in [0.25, 0.3) is 0 Å². The van der Waals surface area contributed by atoms with Gasteiger partial charge >= 0.3 is 0 Å². The van der Waals surface area contributed by atoms with Crippen LogP contribution in [0.15, 0.2) is 41.3 Å². The molecule has 4 rings (SSSR count). The number of amides is 2. The Kier molecular flexibility index (Phi) is 6.20. The second-order valence-corrected chi connectivity index (χ2v) is 6.81. The molecule has 0 spiro atoms. The molecule has 9 nitrogen and oxygen atoms in total. The van der Waals surface area contributed by atoms with E-state index in [2.05, 4.69) is 16.8 Å². The van der Waals surface area contributed by atoms with Gasteiger partial charge < -0.3 is 30.2 Å². The van der Waals surface area contributed by atoms with Gasteiger partial charge in [-0.2, -0.15) is 0 Å². The highest BCUT2D eigenvalue weighted by Crippen LogP contribution is 2.31. The lowest BCUT2D eigenvalue weighted by Gasteiger charge is -2.30. The Morgan fingerprint density at radius 2 is 2.03 bits per heavy atom. The number of carbonyl (C=O) groups excluding carboxylic acids is 2. The van der Waals surface area contributed by atoms with E-state index < -0.39 is 11.5 Å². The summed E-state index contributed by atoms with van der Waals surface area (Å²) in [6, 6.07) is 7.89. The highest BCUT2D eigenvalue weighted by molar-refractivity contribution is 5.95. The maximum atomic E-state index is 11.8. The number of nitrogens with two attached hydrogens (primary N) is 1. The second-order valence-electron chi connectivity index (χ2n) is 6.81. The Labute approximate surface area is 172 Å². The summed E-state index contributed by atoms with van der Waals surface area (Å²) in [7, 11) is 1.72. The zero-order valence-corrected chi connectivity index (χ0v) is 16.3. The first-order valence-electron chi connectivity index (χ1n) is 9.13. The number of benzene rings is 1. The SMILES string of the molecule is CN1C(=O)CCOc2ccc(C#CC3(O)COC3)cc21.NC(=O)c1cc(=O)cc[nH]1. The Morgan fingerprint density at radius 3 is 2.63 bits per heavy atom. The number of primary amides is 1. The van der Waals surface area contributed by atoms with Gasteiger partial charge in [-0.15, -0.1) is 0 Å². The number of H-pyrrole nitrogens is 1. The highest BCUT2D eigenvalue weighted by Gasteiger charge is 2.33. The Bertz CT molecular complexity index is 1080. The van der Waals surface area contributed by atoms with Gasteiger partial charge in [-0.3, -0.25) is 14.4 Å². The summed E-state index contributed by atoms with van der Waals surface area (Å²) in [5.41, 5.74) is 5.18. The van der Waals surface area contributed by atoms with Gasteiger partial charge in [0.1, 0.15) is 11.4 Å². The smallest absolute Gasteiger partial charge is 0.265 e. The summed E-state index contributed by atoms with van der Waals surface area (Å²) in [5, 5.41) is 9.86. The van der Waals surface area contributed by atoms with Crippen LogP contribution in [-0.4, -0.2) is 54.4 Å². The number of anilines is 1. The third-order valence-corrected chi connectivity index (χ3v) is 4.43. The number of aliphatic hydroxyl groups is 1. The molecule has 4 N–H and O–H groups in total. The number of nitrogens with zero attached hydrogens (tertiary/aromatic N) is 1. The zero-order valence-electron chi connectivity index (χ0n) is 16.3. The number of hydrogen-bond acceptors (Lipinski definition) is 6. The summed E-state index contributed by atoms with van der Waals surface area (Å²) >= 11 is 0. The molecule has 2 aliphatic heterocycles. The standard InChI is InChI=1S/C15H15NO4.C6H6N2O2/c1-16-12-8-11(4-6-15(18)9-19-10-15)2-3-13(12)20-7-5-14(16)17;7-6(10)5-3-4(9)1-2-8-5/h2-3,8,18H,5,7,9-10H2,1H3;1-3H,(H2,7,10)(H,8,9). The van der Waals surface area contributed by atoms with Gasteiger partial charge in [0.25, 0.3) is 5.91 Å². The largest absolute Gasteiger partial charge is 0.491 e. The molecule has 3 heterocycles. The second kappa shape index (κ2) is 8.82. The van der Waals surface area contributed by atoms with Crippen molar-refractivity contribution >= 4 is 17.5 Å². The van der Waals surface area contributed by atoms with Crippen molar-refractivity contribution < 1.29 is 24.2 Å². The number of rotatable bonds is 1. The van der Waals surface area contributed by atoms with Gasteiger partial charge in [-0.05, 0) is 18.2 Å². The Morgan fingerprint density at radius 1 is 1.27 bits per heavy atom. The van der Waals surface area contributed by atoms with Crippen molar-refractivity contribution in [3.05, 3.63) is 58.0 Å². The molecule has 1 aromatic carbocycles. The molecule has 30 heavy (non-hydrogen) atoms. The molecule has 1 saturated heterocycles. The number of pyridine rings is 1. The van der Waals surface area contributed by atoms with Crippen LogP contribution in [0.5, 0.6) is 5.75 Å². The predicted octanol–water partition coefficient (Wildman–Crippen LogP) is 0.0185. The average Bonchev–Trinajstić information content (AvgIpc) is 2.84. The van der Waals surface area contributed by atoms with Crippen LogP contribution in [0.1, 0.15) is 22.5 Å². The first kappa shape index (κ1) is 21.1. The average molecular weight is 411 g/mol. The zero-order chi connectivity index (χ0) is 21.7.